The van der Waals surface area contributed by atoms with Crippen molar-refractivity contribution in [2.45, 2.75) is 31.7 Å². The minimum atomic E-state index is -0.0870. The number of fused-ring (bicyclic) bond motifs is 1. The molecule has 1 fully saturated rings. The van der Waals surface area contributed by atoms with E-state index in [1.807, 2.05) is 6.07 Å². The van der Waals surface area contributed by atoms with Crippen LogP contribution in [0, 0.1) is 0 Å². The van der Waals surface area contributed by atoms with Crippen molar-refractivity contribution in [1.82, 2.24) is 14.6 Å². The third kappa shape index (κ3) is 1.36. The van der Waals surface area contributed by atoms with Crippen molar-refractivity contribution in [1.29, 1.82) is 0 Å². The number of aromatic nitrogens is 3. The molecule has 5 heteroatoms. The van der Waals surface area contributed by atoms with Crippen LogP contribution in [0.15, 0.2) is 16.9 Å². The first kappa shape index (κ1) is 9.59. The number of hydrogen-bond acceptors (Lipinski definition) is 3. The van der Waals surface area contributed by atoms with Gasteiger partial charge in [-0.3, -0.25) is 9.89 Å². The van der Waals surface area contributed by atoms with Crippen LogP contribution in [0.25, 0.3) is 5.65 Å². The van der Waals surface area contributed by atoms with Gasteiger partial charge in [-0.1, -0.05) is 6.42 Å². The summed E-state index contributed by atoms with van der Waals surface area (Å²) in [6.45, 7) is 0.301. The number of nitrogens with one attached hydrogen (secondary N) is 1. The van der Waals surface area contributed by atoms with Gasteiger partial charge in [0.1, 0.15) is 0 Å². The van der Waals surface area contributed by atoms with Gasteiger partial charge in [0.2, 0.25) is 0 Å². The Balaban J connectivity index is 2.15. The van der Waals surface area contributed by atoms with Crippen LogP contribution in [-0.2, 0) is 6.54 Å². The first-order valence-electron chi connectivity index (χ1n) is 5.59. The minimum absolute atomic E-state index is 0.0870. The minimum Gasteiger partial charge on any atom is -0.325 e. The van der Waals surface area contributed by atoms with Crippen molar-refractivity contribution in [2.24, 2.45) is 5.73 Å². The lowest BCUT2D eigenvalue weighted by molar-refractivity contribution is 0.409. The Morgan fingerprint density at radius 1 is 1.50 bits per heavy atom. The molecule has 2 heterocycles. The van der Waals surface area contributed by atoms with Crippen LogP contribution in [0.5, 0.6) is 0 Å². The van der Waals surface area contributed by atoms with Gasteiger partial charge >= 0.3 is 0 Å². The second-order valence-electron chi connectivity index (χ2n) is 4.32. The SMILES string of the molecule is NCc1cc(=O)n2[nH]c(C3CCC3)cc2n1. The molecule has 1 saturated carbocycles. The third-order valence-electron chi connectivity index (χ3n) is 3.28. The third-order valence-corrected chi connectivity index (χ3v) is 3.28. The van der Waals surface area contributed by atoms with Gasteiger partial charge in [0.25, 0.3) is 5.56 Å². The van der Waals surface area contributed by atoms with Crippen LogP contribution in [0.4, 0.5) is 0 Å². The van der Waals surface area contributed by atoms with Crippen molar-refractivity contribution in [2.75, 3.05) is 0 Å². The number of hydrogen-bond donors (Lipinski definition) is 2. The fraction of sp³-hybridized carbons (Fsp3) is 0.455. The van der Waals surface area contributed by atoms with E-state index in [0.29, 0.717) is 23.8 Å². The molecule has 16 heavy (non-hydrogen) atoms. The summed E-state index contributed by atoms with van der Waals surface area (Å²) in [5.74, 6) is 0.572. The highest BCUT2D eigenvalue weighted by molar-refractivity contribution is 5.41. The molecule has 0 amide bonds. The van der Waals surface area contributed by atoms with Crippen LogP contribution in [-0.4, -0.2) is 14.6 Å². The second kappa shape index (κ2) is 3.45. The summed E-state index contributed by atoms with van der Waals surface area (Å²) < 4.78 is 1.49. The van der Waals surface area contributed by atoms with E-state index in [0.717, 1.165) is 5.69 Å². The highest BCUT2D eigenvalue weighted by Gasteiger charge is 2.21. The molecule has 0 aromatic carbocycles. The normalized spacial score (nSPS) is 16.6. The monoisotopic (exact) mass is 218 g/mol. The fourth-order valence-electron chi connectivity index (χ4n) is 2.09. The highest BCUT2D eigenvalue weighted by Crippen LogP contribution is 2.35. The molecule has 3 N–H and O–H groups in total. The van der Waals surface area contributed by atoms with E-state index in [4.69, 9.17) is 5.73 Å². The molecule has 3 rings (SSSR count). The predicted molar refractivity (Wildman–Crippen MR) is 60.3 cm³/mol. The van der Waals surface area contributed by atoms with Gasteiger partial charge in [-0.25, -0.2) is 9.50 Å². The summed E-state index contributed by atoms with van der Waals surface area (Å²) in [7, 11) is 0. The summed E-state index contributed by atoms with van der Waals surface area (Å²) in [4.78, 5) is 16.1. The quantitative estimate of drug-likeness (QED) is 0.780. The molecule has 1 aliphatic carbocycles. The van der Waals surface area contributed by atoms with Crippen LogP contribution >= 0.6 is 0 Å². The van der Waals surface area contributed by atoms with Crippen LogP contribution < -0.4 is 11.3 Å². The Labute approximate surface area is 92.3 Å². The maximum absolute atomic E-state index is 11.7. The van der Waals surface area contributed by atoms with E-state index in [-0.39, 0.29) is 5.56 Å². The Bertz CT molecular complexity index is 579. The smallest absolute Gasteiger partial charge is 0.272 e. The zero-order valence-corrected chi connectivity index (χ0v) is 8.94. The Hall–Kier alpha value is -1.62. The Morgan fingerprint density at radius 3 is 2.94 bits per heavy atom. The molecular formula is C11H14N4O. The van der Waals surface area contributed by atoms with Gasteiger partial charge in [0.05, 0.1) is 5.69 Å². The Kier molecular flexibility index (Phi) is 2.07. The first-order chi connectivity index (χ1) is 7.78. The molecule has 84 valence electrons. The molecule has 0 saturated heterocycles. The van der Waals surface area contributed by atoms with Gasteiger partial charge in [0.15, 0.2) is 5.65 Å². The zero-order valence-electron chi connectivity index (χ0n) is 8.94. The molecule has 5 nitrogen and oxygen atoms in total. The summed E-state index contributed by atoms with van der Waals surface area (Å²) >= 11 is 0. The number of aromatic amines is 1. The zero-order chi connectivity index (χ0) is 11.1. The van der Waals surface area contributed by atoms with Crippen LogP contribution in [0.2, 0.25) is 0 Å². The maximum atomic E-state index is 11.7. The van der Waals surface area contributed by atoms with E-state index in [9.17, 15) is 4.79 Å². The fourth-order valence-corrected chi connectivity index (χ4v) is 2.09. The predicted octanol–water partition coefficient (Wildman–Crippen LogP) is 0.749. The van der Waals surface area contributed by atoms with Crippen molar-refractivity contribution in [3.8, 4) is 0 Å². The molecule has 1 aliphatic rings. The number of nitrogens with two attached hydrogens (primary N) is 1. The van der Waals surface area contributed by atoms with Crippen molar-refractivity contribution in [3.05, 3.63) is 33.9 Å². The van der Waals surface area contributed by atoms with E-state index in [1.165, 1.54) is 29.8 Å². The lowest BCUT2D eigenvalue weighted by Crippen LogP contribution is -2.17. The van der Waals surface area contributed by atoms with Gasteiger partial charge in [0, 0.05) is 30.3 Å². The van der Waals surface area contributed by atoms with Gasteiger partial charge < -0.3 is 5.73 Å². The first-order valence-corrected chi connectivity index (χ1v) is 5.59. The number of nitrogens with zero attached hydrogens (tertiary/aromatic N) is 2. The number of rotatable bonds is 2. The Morgan fingerprint density at radius 2 is 2.31 bits per heavy atom. The molecule has 0 aliphatic heterocycles. The second-order valence-corrected chi connectivity index (χ2v) is 4.32. The van der Waals surface area contributed by atoms with E-state index in [1.54, 1.807) is 0 Å². The average molecular weight is 218 g/mol. The van der Waals surface area contributed by atoms with Crippen molar-refractivity contribution in [3.63, 3.8) is 0 Å². The standard InChI is InChI=1S/C11H14N4O/c12-6-8-4-11(16)15-10(13-8)5-9(14-15)7-2-1-3-7/h4-5,7,14H,1-3,6,12H2. The summed E-state index contributed by atoms with van der Waals surface area (Å²) in [5.41, 5.74) is 7.84. The number of H-pyrrole nitrogens is 1. The summed E-state index contributed by atoms with van der Waals surface area (Å²) in [6.07, 6.45) is 3.67. The van der Waals surface area contributed by atoms with E-state index in [2.05, 4.69) is 10.1 Å². The lowest BCUT2D eigenvalue weighted by atomic mass is 9.83. The molecule has 0 unspecified atom stereocenters. The topological polar surface area (TPSA) is 76.2 Å². The van der Waals surface area contributed by atoms with Gasteiger partial charge in [-0.05, 0) is 12.8 Å². The summed E-state index contributed by atoms with van der Waals surface area (Å²) in [5, 5.41) is 3.12. The maximum Gasteiger partial charge on any atom is 0.272 e. The molecule has 0 atom stereocenters. The molecule has 2 aromatic rings. The van der Waals surface area contributed by atoms with Gasteiger partial charge in [-0.2, -0.15) is 0 Å². The summed E-state index contributed by atoms with van der Waals surface area (Å²) in [6, 6.07) is 3.44. The highest BCUT2D eigenvalue weighted by atomic mass is 16.1. The van der Waals surface area contributed by atoms with Crippen molar-refractivity contribution >= 4 is 5.65 Å². The molecule has 0 spiro atoms. The molecular weight excluding hydrogens is 204 g/mol. The van der Waals surface area contributed by atoms with E-state index >= 15 is 0 Å². The average Bonchev–Trinajstić information content (AvgIpc) is 2.58. The van der Waals surface area contributed by atoms with Crippen molar-refractivity contribution < 1.29 is 0 Å². The van der Waals surface area contributed by atoms with E-state index < -0.39 is 0 Å². The lowest BCUT2D eigenvalue weighted by Gasteiger charge is -2.23. The van der Waals surface area contributed by atoms with Crippen LogP contribution in [0.3, 0.4) is 0 Å². The van der Waals surface area contributed by atoms with Gasteiger partial charge in [-0.15, -0.1) is 0 Å². The molecule has 2 aromatic heterocycles. The largest absolute Gasteiger partial charge is 0.325 e. The van der Waals surface area contributed by atoms with Crippen LogP contribution in [0.1, 0.15) is 36.6 Å². The molecule has 0 radical (unpaired) electrons. The molecule has 0 bridgehead atoms.